The van der Waals surface area contributed by atoms with E-state index in [9.17, 15) is 4.79 Å². The Balaban J connectivity index is 2.00. The Hall–Kier alpha value is -1.50. The maximum Gasteiger partial charge on any atom is 0.237 e. The number of piperidine rings is 1. The lowest BCUT2D eigenvalue weighted by Gasteiger charge is -2.36. The SMILES string of the molecule is CCCCC(=O)N(Cc1nn[nH]n1)N1CCCCC1. The van der Waals surface area contributed by atoms with E-state index in [0.717, 1.165) is 38.8 Å². The number of rotatable bonds is 6. The Kier molecular flexibility index (Phi) is 5.26. The molecule has 0 aliphatic carbocycles. The second kappa shape index (κ2) is 7.18. The molecule has 7 nitrogen and oxygen atoms in total. The summed E-state index contributed by atoms with van der Waals surface area (Å²) in [4.78, 5) is 12.3. The summed E-state index contributed by atoms with van der Waals surface area (Å²) in [7, 11) is 0. The van der Waals surface area contributed by atoms with Crippen molar-refractivity contribution < 1.29 is 4.79 Å². The lowest BCUT2D eigenvalue weighted by molar-refractivity contribution is -0.153. The van der Waals surface area contributed by atoms with E-state index in [4.69, 9.17) is 0 Å². The first-order valence-corrected chi connectivity index (χ1v) is 7.09. The highest BCUT2D eigenvalue weighted by atomic mass is 16.2. The molecule has 1 aliphatic heterocycles. The third-order valence-corrected chi connectivity index (χ3v) is 3.39. The number of hydrogen-bond donors (Lipinski definition) is 1. The third-order valence-electron chi connectivity index (χ3n) is 3.39. The van der Waals surface area contributed by atoms with Gasteiger partial charge in [0.25, 0.3) is 0 Å². The number of hydrazine groups is 1. The Morgan fingerprint density at radius 2 is 2.16 bits per heavy atom. The molecule has 1 fully saturated rings. The van der Waals surface area contributed by atoms with Gasteiger partial charge < -0.3 is 0 Å². The van der Waals surface area contributed by atoms with Gasteiger partial charge in [0.1, 0.15) is 6.54 Å². The van der Waals surface area contributed by atoms with Gasteiger partial charge in [-0.15, -0.1) is 10.2 Å². The minimum absolute atomic E-state index is 0.161. The predicted molar refractivity (Wildman–Crippen MR) is 69.7 cm³/mol. The second-order valence-electron chi connectivity index (χ2n) is 4.90. The molecule has 1 aromatic rings. The fourth-order valence-corrected chi connectivity index (χ4v) is 2.31. The predicted octanol–water partition coefficient (Wildman–Crippen LogP) is 1.12. The summed E-state index contributed by atoms with van der Waals surface area (Å²) >= 11 is 0. The molecule has 106 valence electrons. The average Bonchev–Trinajstić information content (AvgIpc) is 2.96. The van der Waals surface area contributed by atoms with Gasteiger partial charge in [-0.1, -0.05) is 25.0 Å². The van der Waals surface area contributed by atoms with Gasteiger partial charge in [-0.2, -0.15) is 5.21 Å². The number of unbranched alkanes of at least 4 members (excludes halogenated alkanes) is 1. The van der Waals surface area contributed by atoms with Crippen LogP contribution in [0.25, 0.3) is 0 Å². The number of tetrazole rings is 1. The second-order valence-corrected chi connectivity index (χ2v) is 4.90. The van der Waals surface area contributed by atoms with Crippen LogP contribution in [-0.4, -0.2) is 49.6 Å². The number of nitrogens with zero attached hydrogens (tertiary/aromatic N) is 5. The Morgan fingerprint density at radius 3 is 2.79 bits per heavy atom. The molecule has 0 spiro atoms. The number of carbonyl (C=O) groups is 1. The zero-order chi connectivity index (χ0) is 13.5. The minimum Gasteiger partial charge on any atom is -0.273 e. The molecule has 0 aromatic carbocycles. The first kappa shape index (κ1) is 13.9. The van der Waals surface area contributed by atoms with Crippen LogP contribution in [0.2, 0.25) is 0 Å². The summed E-state index contributed by atoms with van der Waals surface area (Å²) in [5.74, 6) is 0.726. The first-order valence-electron chi connectivity index (χ1n) is 7.09. The monoisotopic (exact) mass is 266 g/mol. The van der Waals surface area contributed by atoms with Crippen molar-refractivity contribution in [2.24, 2.45) is 0 Å². The molecule has 7 heteroatoms. The van der Waals surface area contributed by atoms with Gasteiger partial charge in [0, 0.05) is 19.5 Å². The van der Waals surface area contributed by atoms with Crippen LogP contribution in [0, 0.1) is 0 Å². The molecule has 0 unspecified atom stereocenters. The molecule has 1 amide bonds. The van der Waals surface area contributed by atoms with Gasteiger partial charge in [0.2, 0.25) is 5.91 Å². The molecule has 0 bridgehead atoms. The van der Waals surface area contributed by atoms with Crippen molar-refractivity contribution in [3.05, 3.63) is 5.82 Å². The van der Waals surface area contributed by atoms with Crippen molar-refractivity contribution in [1.29, 1.82) is 0 Å². The van der Waals surface area contributed by atoms with Crippen molar-refractivity contribution in [2.75, 3.05) is 13.1 Å². The van der Waals surface area contributed by atoms with Crippen LogP contribution in [0.4, 0.5) is 0 Å². The van der Waals surface area contributed by atoms with Crippen molar-refractivity contribution >= 4 is 5.91 Å². The molecule has 1 aromatic heterocycles. The normalized spacial score (nSPS) is 16.5. The number of aromatic nitrogens is 4. The van der Waals surface area contributed by atoms with Crippen molar-refractivity contribution in [2.45, 2.75) is 52.0 Å². The first-order chi connectivity index (χ1) is 9.31. The highest BCUT2D eigenvalue weighted by Crippen LogP contribution is 2.15. The van der Waals surface area contributed by atoms with Crippen molar-refractivity contribution in [3.63, 3.8) is 0 Å². The van der Waals surface area contributed by atoms with Gasteiger partial charge in [0.15, 0.2) is 5.82 Å². The summed E-state index contributed by atoms with van der Waals surface area (Å²) < 4.78 is 0. The lowest BCUT2D eigenvalue weighted by atomic mass is 10.1. The molecule has 19 heavy (non-hydrogen) atoms. The van der Waals surface area contributed by atoms with Crippen LogP contribution in [-0.2, 0) is 11.3 Å². The van der Waals surface area contributed by atoms with E-state index in [1.54, 1.807) is 5.01 Å². The van der Waals surface area contributed by atoms with Crippen LogP contribution < -0.4 is 0 Å². The van der Waals surface area contributed by atoms with E-state index in [1.165, 1.54) is 6.42 Å². The summed E-state index contributed by atoms with van der Waals surface area (Å²) in [6.45, 7) is 4.39. The maximum atomic E-state index is 12.3. The van der Waals surface area contributed by atoms with Gasteiger partial charge in [-0.3, -0.25) is 9.80 Å². The van der Waals surface area contributed by atoms with E-state index < -0.39 is 0 Å². The number of aromatic amines is 1. The van der Waals surface area contributed by atoms with E-state index in [2.05, 4.69) is 32.6 Å². The van der Waals surface area contributed by atoms with Crippen LogP contribution in [0.1, 0.15) is 51.3 Å². The van der Waals surface area contributed by atoms with Crippen LogP contribution >= 0.6 is 0 Å². The molecule has 0 saturated carbocycles. The highest BCUT2D eigenvalue weighted by Gasteiger charge is 2.24. The molecule has 1 N–H and O–H groups in total. The van der Waals surface area contributed by atoms with Gasteiger partial charge >= 0.3 is 0 Å². The van der Waals surface area contributed by atoms with Crippen molar-refractivity contribution in [3.8, 4) is 0 Å². The average molecular weight is 266 g/mol. The Labute approximate surface area is 113 Å². The number of carbonyl (C=O) groups excluding carboxylic acids is 1. The largest absolute Gasteiger partial charge is 0.273 e. The Bertz CT molecular complexity index is 374. The van der Waals surface area contributed by atoms with Gasteiger partial charge in [0.05, 0.1) is 0 Å². The molecular formula is C12H22N6O. The number of nitrogens with one attached hydrogen (secondary N) is 1. The molecule has 2 rings (SSSR count). The van der Waals surface area contributed by atoms with Crippen LogP contribution in [0.5, 0.6) is 0 Å². The zero-order valence-corrected chi connectivity index (χ0v) is 11.5. The lowest BCUT2D eigenvalue weighted by Crippen LogP contribution is -2.48. The van der Waals surface area contributed by atoms with Crippen molar-refractivity contribution in [1.82, 2.24) is 30.6 Å². The smallest absolute Gasteiger partial charge is 0.237 e. The fraction of sp³-hybridized carbons (Fsp3) is 0.833. The summed E-state index contributed by atoms with van der Waals surface area (Å²) in [6.07, 6.45) is 6.07. The van der Waals surface area contributed by atoms with E-state index in [-0.39, 0.29) is 5.91 Å². The fourth-order valence-electron chi connectivity index (χ4n) is 2.31. The summed E-state index contributed by atoms with van der Waals surface area (Å²) in [5, 5.41) is 17.8. The molecular weight excluding hydrogens is 244 g/mol. The zero-order valence-electron chi connectivity index (χ0n) is 11.5. The van der Waals surface area contributed by atoms with Gasteiger partial charge in [-0.25, -0.2) is 5.01 Å². The van der Waals surface area contributed by atoms with E-state index in [0.29, 0.717) is 18.8 Å². The number of amides is 1. The minimum atomic E-state index is 0.161. The topological polar surface area (TPSA) is 78.0 Å². The number of H-pyrrole nitrogens is 1. The van der Waals surface area contributed by atoms with Gasteiger partial charge in [-0.05, 0) is 19.3 Å². The van der Waals surface area contributed by atoms with E-state index in [1.807, 2.05) is 0 Å². The molecule has 0 atom stereocenters. The molecule has 1 aliphatic rings. The summed E-state index contributed by atoms with van der Waals surface area (Å²) in [6, 6.07) is 0. The molecule has 2 heterocycles. The number of hydrogen-bond acceptors (Lipinski definition) is 5. The summed E-state index contributed by atoms with van der Waals surface area (Å²) in [5.41, 5.74) is 0. The standard InChI is InChI=1S/C12H22N6O/c1-2-3-7-12(19)18(10-11-13-15-16-14-11)17-8-5-4-6-9-17/h2-10H2,1H3,(H,13,14,15,16). The quantitative estimate of drug-likeness (QED) is 0.834. The van der Waals surface area contributed by atoms with E-state index >= 15 is 0 Å². The van der Waals surface area contributed by atoms with Crippen LogP contribution in [0.15, 0.2) is 0 Å². The molecule has 0 radical (unpaired) electrons. The van der Waals surface area contributed by atoms with Crippen LogP contribution in [0.3, 0.4) is 0 Å². The molecule has 1 saturated heterocycles. The highest BCUT2D eigenvalue weighted by molar-refractivity contribution is 5.75. The maximum absolute atomic E-state index is 12.3. The Morgan fingerprint density at radius 1 is 1.37 bits per heavy atom. The third kappa shape index (κ3) is 3.99.